The summed E-state index contributed by atoms with van der Waals surface area (Å²) in [5.74, 6) is 0.187. The normalized spacial score (nSPS) is 13.0. The maximum atomic E-state index is 12.5. The summed E-state index contributed by atoms with van der Waals surface area (Å²) in [5, 5.41) is 7.51. The van der Waals surface area contributed by atoms with Crippen molar-refractivity contribution >= 4 is 28.3 Å². The number of ether oxygens (including phenoxy) is 1. The Morgan fingerprint density at radius 3 is 2.59 bits per heavy atom. The monoisotopic (exact) mass is 374 g/mol. The van der Waals surface area contributed by atoms with Crippen LogP contribution in [0.25, 0.3) is 10.8 Å². The molecule has 0 aliphatic carbocycles. The van der Waals surface area contributed by atoms with Gasteiger partial charge in [-0.25, -0.2) is 0 Å². The molecule has 146 valence electrons. The van der Waals surface area contributed by atoms with E-state index in [1.165, 1.54) is 0 Å². The second kappa shape index (κ2) is 9.89. The van der Waals surface area contributed by atoms with E-state index in [4.69, 9.17) is 4.74 Å². The van der Waals surface area contributed by atoms with Crippen LogP contribution in [0.15, 0.2) is 36.4 Å². The summed E-state index contributed by atoms with van der Waals surface area (Å²) in [6.45, 7) is 2.51. The van der Waals surface area contributed by atoms with Crippen LogP contribution < -0.4 is 26.8 Å². The van der Waals surface area contributed by atoms with Gasteiger partial charge in [-0.2, -0.15) is 0 Å². The fourth-order valence-electron chi connectivity index (χ4n) is 2.86. The number of fused-ring (bicyclic) bond motifs is 1. The van der Waals surface area contributed by atoms with E-state index >= 15 is 0 Å². The highest BCUT2D eigenvalue weighted by Crippen LogP contribution is 2.29. The van der Waals surface area contributed by atoms with Crippen LogP contribution in [0.5, 0.6) is 5.75 Å². The largest absolute Gasteiger partial charge is 0.496 e. The van der Waals surface area contributed by atoms with Crippen LogP contribution in [0.4, 0.5) is 5.69 Å². The molecule has 7 heteroatoms. The summed E-state index contributed by atoms with van der Waals surface area (Å²) in [6, 6.07) is 10.4. The number of carbonyl (C=O) groups excluding carboxylic acids is 2. The van der Waals surface area contributed by atoms with Crippen molar-refractivity contribution in [3.05, 3.63) is 36.4 Å². The molecule has 0 bridgehead atoms. The molecule has 0 aromatic heterocycles. The van der Waals surface area contributed by atoms with Gasteiger partial charge in [-0.05, 0) is 31.2 Å². The van der Waals surface area contributed by atoms with Crippen LogP contribution in [0.2, 0.25) is 0 Å². The first-order valence-electron chi connectivity index (χ1n) is 9.26. The van der Waals surface area contributed by atoms with Crippen LogP contribution in [-0.4, -0.2) is 37.6 Å². The van der Waals surface area contributed by atoms with E-state index in [2.05, 4.69) is 22.1 Å². The number of amides is 2. The minimum atomic E-state index is -0.660. The second-order valence-electron chi connectivity index (χ2n) is 6.67. The Morgan fingerprint density at radius 1 is 1.15 bits per heavy atom. The van der Waals surface area contributed by atoms with Gasteiger partial charge < -0.3 is 26.8 Å². The molecule has 0 saturated carbocycles. The molecule has 8 N–H and O–H groups in total. The highest BCUT2D eigenvalue weighted by Gasteiger charge is 2.22. The van der Waals surface area contributed by atoms with E-state index in [9.17, 15) is 9.59 Å². The molecule has 27 heavy (non-hydrogen) atoms. The number of methoxy groups -OCH3 is 1. The Hall–Kier alpha value is -2.64. The number of hydrogen-bond acceptors (Lipinski definition) is 3. The van der Waals surface area contributed by atoms with Crippen molar-refractivity contribution in [2.75, 3.05) is 19.0 Å². The van der Waals surface area contributed by atoms with Gasteiger partial charge in [-0.3, -0.25) is 9.59 Å². The maximum Gasteiger partial charge on any atom is 0.278 e. The lowest BCUT2D eigenvalue weighted by Crippen LogP contribution is -2.68. The number of quaternary nitrogens is 2. The van der Waals surface area contributed by atoms with Gasteiger partial charge in [-0.15, -0.1) is 0 Å². The Kier molecular flexibility index (Phi) is 7.57. The summed E-state index contributed by atoms with van der Waals surface area (Å²) < 4.78 is 5.42. The molecule has 0 spiro atoms. The Labute approximate surface area is 159 Å². The zero-order valence-corrected chi connectivity index (χ0v) is 16.1. The molecule has 0 aliphatic rings. The van der Waals surface area contributed by atoms with Gasteiger partial charge in [0.2, 0.25) is 5.91 Å². The number of unbranched alkanes of at least 4 members (excludes halogenated alkanes) is 1. The van der Waals surface area contributed by atoms with E-state index in [-0.39, 0.29) is 17.9 Å². The lowest BCUT2D eigenvalue weighted by molar-refractivity contribution is -0.406. The van der Waals surface area contributed by atoms with E-state index in [1.807, 2.05) is 30.3 Å². The molecule has 2 aromatic rings. The van der Waals surface area contributed by atoms with Crippen molar-refractivity contribution in [2.45, 2.75) is 38.3 Å². The van der Waals surface area contributed by atoms with Crippen molar-refractivity contribution < 1.29 is 25.8 Å². The molecule has 0 heterocycles. The minimum absolute atomic E-state index is 0.210. The zero-order chi connectivity index (χ0) is 19.8. The third-order valence-corrected chi connectivity index (χ3v) is 4.49. The lowest BCUT2D eigenvalue weighted by atomic mass is 10.1. The first-order valence-corrected chi connectivity index (χ1v) is 9.26. The van der Waals surface area contributed by atoms with Crippen molar-refractivity contribution in [1.82, 2.24) is 5.32 Å². The van der Waals surface area contributed by atoms with Crippen LogP contribution in [0, 0.1) is 0 Å². The molecule has 2 atom stereocenters. The highest BCUT2D eigenvalue weighted by molar-refractivity contribution is 6.00. The molecule has 2 aromatic carbocycles. The predicted molar refractivity (Wildman–Crippen MR) is 105 cm³/mol. The van der Waals surface area contributed by atoms with Crippen molar-refractivity contribution in [3.63, 3.8) is 0 Å². The molecule has 7 nitrogen and oxygen atoms in total. The Morgan fingerprint density at radius 2 is 1.89 bits per heavy atom. The van der Waals surface area contributed by atoms with Gasteiger partial charge in [0.05, 0.1) is 13.7 Å². The van der Waals surface area contributed by atoms with Gasteiger partial charge in [0.15, 0.2) is 6.04 Å². The van der Waals surface area contributed by atoms with Gasteiger partial charge >= 0.3 is 0 Å². The fourth-order valence-corrected chi connectivity index (χ4v) is 2.86. The SMILES string of the molecule is COc1cc(NC(=O)[C@H](C)NC(=O)[C@H]([NH3+])CCCC[NH3+])cc2ccccc12. The molecule has 0 radical (unpaired) electrons. The van der Waals surface area contributed by atoms with Crippen LogP contribution in [0.1, 0.15) is 26.2 Å². The van der Waals surface area contributed by atoms with Crippen LogP contribution in [0.3, 0.4) is 0 Å². The van der Waals surface area contributed by atoms with E-state index in [0.717, 1.165) is 30.2 Å². The van der Waals surface area contributed by atoms with Crippen molar-refractivity contribution in [2.24, 2.45) is 0 Å². The molecule has 0 saturated heterocycles. The Bertz CT molecular complexity index is 794. The highest BCUT2D eigenvalue weighted by atomic mass is 16.5. The maximum absolute atomic E-state index is 12.5. The molecule has 0 fully saturated rings. The smallest absolute Gasteiger partial charge is 0.278 e. The molecular weight excluding hydrogens is 344 g/mol. The van der Waals surface area contributed by atoms with Crippen LogP contribution >= 0.6 is 0 Å². The third kappa shape index (κ3) is 5.67. The summed E-state index contributed by atoms with van der Waals surface area (Å²) in [4.78, 5) is 24.7. The molecule has 2 rings (SSSR count). The lowest BCUT2D eigenvalue weighted by Gasteiger charge is -2.17. The number of rotatable bonds is 9. The summed E-state index contributed by atoms with van der Waals surface area (Å²) in [6.07, 6.45) is 2.57. The zero-order valence-electron chi connectivity index (χ0n) is 16.1. The number of nitrogens with one attached hydrogen (secondary N) is 2. The van der Waals surface area contributed by atoms with Crippen molar-refractivity contribution in [3.8, 4) is 5.75 Å². The van der Waals surface area contributed by atoms with Gasteiger partial charge in [-0.1, -0.05) is 24.3 Å². The molecule has 0 unspecified atom stereocenters. The van der Waals surface area contributed by atoms with Crippen LogP contribution in [-0.2, 0) is 9.59 Å². The predicted octanol–water partition coefficient (Wildman–Crippen LogP) is 0.314. The van der Waals surface area contributed by atoms with E-state index < -0.39 is 6.04 Å². The second-order valence-corrected chi connectivity index (χ2v) is 6.67. The third-order valence-electron chi connectivity index (χ3n) is 4.49. The average Bonchev–Trinajstić information content (AvgIpc) is 2.67. The average molecular weight is 374 g/mol. The molecular formula is C20H30N4O3+2. The number of carbonyl (C=O) groups is 2. The number of benzene rings is 2. The summed E-state index contributed by atoms with van der Waals surface area (Å²) >= 11 is 0. The summed E-state index contributed by atoms with van der Waals surface area (Å²) in [5.41, 5.74) is 8.29. The van der Waals surface area contributed by atoms with E-state index in [0.29, 0.717) is 17.9 Å². The molecule has 2 amide bonds. The van der Waals surface area contributed by atoms with E-state index in [1.54, 1.807) is 20.1 Å². The first-order chi connectivity index (χ1) is 13.0. The van der Waals surface area contributed by atoms with Gasteiger partial charge in [0, 0.05) is 23.6 Å². The van der Waals surface area contributed by atoms with Crippen molar-refractivity contribution in [1.29, 1.82) is 0 Å². The first kappa shape index (κ1) is 20.7. The number of anilines is 1. The molecule has 0 aliphatic heterocycles. The van der Waals surface area contributed by atoms with Gasteiger partial charge in [0.25, 0.3) is 5.91 Å². The number of hydrogen-bond donors (Lipinski definition) is 4. The standard InChI is InChI=1S/C20H28N4O3/c1-13(23-20(26)17(22)9-5-6-10-21)19(25)24-15-11-14-7-3-4-8-16(14)18(12-15)27-2/h3-4,7-8,11-13,17H,5-6,9-10,21-22H2,1-2H3,(H,23,26)(H,24,25)/p+2/t13-,17+/m0/s1. The van der Waals surface area contributed by atoms with Gasteiger partial charge in [0.1, 0.15) is 11.8 Å². The quantitative estimate of drug-likeness (QED) is 0.473. The summed E-state index contributed by atoms with van der Waals surface area (Å²) in [7, 11) is 1.60. The Balaban J connectivity index is 1.99. The topological polar surface area (TPSA) is 123 Å². The minimum Gasteiger partial charge on any atom is -0.496 e. The fraction of sp³-hybridized carbons (Fsp3) is 0.400.